The first-order chi connectivity index (χ1) is 10.6. The maximum absolute atomic E-state index is 12.3. The highest BCUT2D eigenvalue weighted by molar-refractivity contribution is 5.76. The van der Waals surface area contributed by atoms with Gasteiger partial charge < -0.3 is 9.80 Å². The number of hydrogen-bond acceptors (Lipinski definition) is 4. The molecular formula is C17H26N4O. The van der Waals surface area contributed by atoms with Crippen LogP contribution in [0.15, 0.2) is 12.4 Å². The third-order valence-electron chi connectivity index (χ3n) is 4.69. The van der Waals surface area contributed by atoms with Crippen molar-refractivity contribution in [1.29, 1.82) is 0 Å². The maximum atomic E-state index is 12.3. The molecule has 1 atom stereocenters. The summed E-state index contributed by atoms with van der Waals surface area (Å²) in [6.07, 6.45) is 9.96. The van der Waals surface area contributed by atoms with Crippen LogP contribution in [0, 0.1) is 11.8 Å². The monoisotopic (exact) mass is 302 g/mol. The molecule has 5 nitrogen and oxygen atoms in total. The molecule has 2 fully saturated rings. The van der Waals surface area contributed by atoms with E-state index in [0.29, 0.717) is 17.7 Å². The lowest BCUT2D eigenvalue weighted by molar-refractivity contribution is -0.133. The minimum atomic E-state index is 0.360. The van der Waals surface area contributed by atoms with E-state index in [0.717, 1.165) is 43.9 Å². The minimum absolute atomic E-state index is 0.360. The van der Waals surface area contributed by atoms with Gasteiger partial charge in [0.05, 0.1) is 5.69 Å². The van der Waals surface area contributed by atoms with Crippen LogP contribution >= 0.6 is 0 Å². The number of nitrogens with zero attached hydrogens (tertiary/aromatic N) is 4. The predicted molar refractivity (Wildman–Crippen MR) is 86.7 cm³/mol. The standard InChI is InChI=1S/C17H26N4O/c1-20(2)17-15(18-7-8-19-17)10-14-4-3-9-21(12-14)16(22)11-13-5-6-13/h7-8,13-14H,3-6,9-12H2,1-2H3/t14-/m1/s1. The van der Waals surface area contributed by atoms with Gasteiger partial charge in [-0.25, -0.2) is 4.98 Å². The zero-order chi connectivity index (χ0) is 15.5. The Bertz CT molecular complexity index is 527. The van der Waals surface area contributed by atoms with E-state index in [2.05, 4.69) is 14.9 Å². The SMILES string of the molecule is CN(C)c1nccnc1C[C@H]1CCCN(C(=O)CC2CC2)C1. The normalized spacial score (nSPS) is 21.7. The van der Waals surface area contributed by atoms with E-state index in [1.165, 1.54) is 19.3 Å². The van der Waals surface area contributed by atoms with Crippen LogP contribution in [0.3, 0.4) is 0 Å². The number of hydrogen-bond donors (Lipinski definition) is 0. The van der Waals surface area contributed by atoms with Gasteiger partial charge in [-0.15, -0.1) is 0 Å². The van der Waals surface area contributed by atoms with Crippen LogP contribution in [0.4, 0.5) is 5.82 Å². The summed E-state index contributed by atoms with van der Waals surface area (Å²) in [6, 6.07) is 0. The second kappa shape index (κ2) is 6.63. The molecule has 22 heavy (non-hydrogen) atoms. The molecule has 0 spiro atoms. The molecule has 120 valence electrons. The molecule has 1 aromatic heterocycles. The van der Waals surface area contributed by atoms with Gasteiger partial charge >= 0.3 is 0 Å². The molecule has 5 heteroatoms. The van der Waals surface area contributed by atoms with Gasteiger partial charge in [0.1, 0.15) is 5.82 Å². The summed E-state index contributed by atoms with van der Waals surface area (Å²) in [4.78, 5) is 25.4. The lowest BCUT2D eigenvalue weighted by Crippen LogP contribution is -2.40. The first kappa shape index (κ1) is 15.3. The molecule has 1 aliphatic heterocycles. The molecule has 2 heterocycles. The first-order valence-electron chi connectivity index (χ1n) is 8.38. The van der Waals surface area contributed by atoms with Gasteiger partial charge in [-0.3, -0.25) is 9.78 Å². The third-order valence-corrected chi connectivity index (χ3v) is 4.69. The summed E-state index contributed by atoms with van der Waals surface area (Å²) < 4.78 is 0. The van der Waals surface area contributed by atoms with E-state index in [9.17, 15) is 4.79 Å². The Morgan fingerprint density at radius 1 is 1.23 bits per heavy atom. The second-order valence-electron chi connectivity index (χ2n) is 6.92. The van der Waals surface area contributed by atoms with E-state index >= 15 is 0 Å². The van der Waals surface area contributed by atoms with Crippen molar-refractivity contribution in [3.05, 3.63) is 18.1 Å². The smallest absolute Gasteiger partial charge is 0.222 e. The molecule has 0 radical (unpaired) electrons. The second-order valence-corrected chi connectivity index (χ2v) is 6.92. The molecule has 1 aliphatic carbocycles. The molecule has 2 aliphatic rings. The Morgan fingerprint density at radius 2 is 2.00 bits per heavy atom. The molecular weight excluding hydrogens is 276 g/mol. The zero-order valence-electron chi connectivity index (χ0n) is 13.7. The average Bonchev–Trinajstić information content (AvgIpc) is 3.32. The molecule has 1 saturated carbocycles. The molecule has 0 N–H and O–H groups in total. The number of aromatic nitrogens is 2. The quantitative estimate of drug-likeness (QED) is 0.836. The van der Waals surface area contributed by atoms with Crippen molar-refractivity contribution in [3.8, 4) is 0 Å². The van der Waals surface area contributed by atoms with E-state index in [4.69, 9.17) is 0 Å². The number of carbonyl (C=O) groups excluding carboxylic acids is 1. The van der Waals surface area contributed by atoms with Crippen LogP contribution in [-0.2, 0) is 11.2 Å². The topological polar surface area (TPSA) is 49.3 Å². The van der Waals surface area contributed by atoms with Crippen LogP contribution in [0.1, 0.15) is 37.8 Å². The highest BCUT2D eigenvalue weighted by atomic mass is 16.2. The van der Waals surface area contributed by atoms with Crippen LogP contribution in [0.25, 0.3) is 0 Å². The van der Waals surface area contributed by atoms with Crippen molar-refractivity contribution >= 4 is 11.7 Å². The average molecular weight is 302 g/mol. The van der Waals surface area contributed by atoms with E-state index < -0.39 is 0 Å². The summed E-state index contributed by atoms with van der Waals surface area (Å²) in [5.41, 5.74) is 1.05. The molecule has 0 aromatic carbocycles. The molecule has 3 rings (SSSR count). The molecule has 0 bridgehead atoms. The third kappa shape index (κ3) is 3.76. The van der Waals surface area contributed by atoms with Crippen molar-refractivity contribution in [2.24, 2.45) is 11.8 Å². The zero-order valence-corrected chi connectivity index (χ0v) is 13.7. The lowest BCUT2D eigenvalue weighted by atomic mass is 9.93. The molecule has 0 unspecified atom stereocenters. The largest absolute Gasteiger partial charge is 0.361 e. The number of piperidine rings is 1. The number of anilines is 1. The fourth-order valence-electron chi connectivity index (χ4n) is 3.31. The van der Waals surface area contributed by atoms with E-state index in [-0.39, 0.29) is 0 Å². The number of carbonyl (C=O) groups is 1. The Hall–Kier alpha value is -1.65. The molecule has 1 aromatic rings. The van der Waals surface area contributed by atoms with Gasteiger partial charge in [0.25, 0.3) is 0 Å². The van der Waals surface area contributed by atoms with Crippen molar-refractivity contribution in [1.82, 2.24) is 14.9 Å². The number of likely N-dealkylation sites (tertiary alicyclic amines) is 1. The minimum Gasteiger partial charge on any atom is -0.361 e. The van der Waals surface area contributed by atoms with Crippen LogP contribution < -0.4 is 4.90 Å². The fraction of sp³-hybridized carbons (Fsp3) is 0.706. The number of amides is 1. The summed E-state index contributed by atoms with van der Waals surface area (Å²) in [5, 5.41) is 0. The first-order valence-corrected chi connectivity index (χ1v) is 8.38. The fourth-order valence-corrected chi connectivity index (χ4v) is 3.31. The summed E-state index contributed by atoms with van der Waals surface area (Å²) in [5.74, 6) is 2.49. The van der Waals surface area contributed by atoms with Crippen LogP contribution in [-0.4, -0.2) is 48.0 Å². The highest BCUT2D eigenvalue weighted by Crippen LogP contribution is 2.33. The van der Waals surface area contributed by atoms with Gasteiger partial charge in [-0.1, -0.05) is 0 Å². The van der Waals surface area contributed by atoms with Gasteiger partial charge in [-0.05, 0) is 43.9 Å². The van der Waals surface area contributed by atoms with Crippen molar-refractivity contribution < 1.29 is 4.79 Å². The van der Waals surface area contributed by atoms with Crippen molar-refractivity contribution in [3.63, 3.8) is 0 Å². The highest BCUT2D eigenvalue weighted by Gasteiger charge is 2.30. The van der Waals surface area contributed by atoms with Crippen LogP contribution in [0.2, 0.25) is 0 Å². The van der Waals surface area contributed by atoms with Gasteiger partial charge in [0.15, 0.2) is 0 Å². The van der Waals surface area contributed by atoms with Gasteiger partial charge in [0, 0.05) is 46.0 Å². The summed E-state index contributed by atoms with van der Waals surface area (Å²) >= 11 is 0. The molecule has 1 saturated heterocycles. The van der Waals surface area contributed by atoms with Crippen molar-refractivity contribution in [2.45, 2.75) is 38.5 Å². The number of rotatable bonds is 5. The predicted octanol–water partition coefficient (Wildman–Crippen LogP) is 2.12. The lowest BCUT2D eigenvalue weighted by Gasteiger charge is -2.33. The van der Waals surface area contributed by atoms with E-state index in [1.54, 1.807) is 12.4 Å². The van der Waals surface area contributed by atoms with Gasteiger partial charge in [-0.2, -0.15) is 0 Å². The Labute approximate surface area is 132 Å². The summed E-state index contributed by atoms with van der Waals surface area (Å²) in [7, 11) is 4.00. The summed E-state index contributed by atoms with van der Waals surface area (Å²) in [6.45, 7) is 1.82. The Morgan fingerprint density at radius 3 is 2.73 bits per heavy atom. The molecule has 1 amide bonds. The van der Waals surface area contributed by atoms with Crippen molar-refractivity contribution in [2.75, 3.05) is 32.1 Å². The Kier molecular flexibility index (Phi) is 4.60. The Balaban J connectivity index is 1.61. The van der Waals surface area contributed by atoms with E-state index in [1.807, 2.05) is 19.0 Å². The van der Waals surface area contributed by atoms with Gasteiger partial charge in [0.2, 0.25) is 5.91 Å². The maximum Gasteiger partial charge on any atom is 0.222 e. The van der Waals surface area contributed by atoms with Crippen LogP contribution in [0.5, 0.6) is 0 Å².